The summed E-state index contributed by atoms with van der Waals surface area (Å²) in [4.78, 5) is 15.2. The van der Waals surface area contributed by atoms with Gasteiger partial charge in [0.1, 0.15) is 0 Å². The van der Waals surface area contributed by atoms with E-state index in [0.717, 1.165) is 22.5 Å². The third-order valence-electron chi connectivity index (χ3n) is 3.46. The van der Waals surface area contributed by atoms with Gasteiger partial charge in [-0.15, -0.1) is 0 Å². The molecule has 0 saturated carbocycles. The number of benzene rings is 1. The molecule has 3 nitrogen and oxygen atoms in total. The number of carboxylic acids is 1. The lowest BCUT2D eigenvalue weighted by atomic mass is 10.0. The molecular weight excluding hydrogens is 250 g/mol. The SMILES string of the molecule is Cc1ccc(-c2ccc(CCC(=O)O)c(C)n2)c(C)c1. The van der Waals surface area contributed by atoms with E-state index in [1.807, 2.05) is 19.1 Å². The number of aromatic nitrogens is 1. The summed E-state index contributed by atoms with van der Waals surface area (Å²) < 4.78 is 0. The van der Waals surface area contributed by atoms with Crippen LogP contribution in [0.5, 0.6) is 0 Å². The summed E-state index contributed by atoms with van der Waals surface area (Å²) in [7, 11) is 0. The average molecular weight is 269 g/mol. The van der Waals surface area contributed by atoms with Crippen molar-refractivity contribution in [2.75, 3.05) is 0 Å². The van der Waals surface area contributed by atoms with Crippen LogP contribution in [0.3, 0.4) is 0 Å². The lowest BCUT2D eigenvalue weighted by molar-refractivity contribution is -0.136. The molecule has 0 aliphatic carbocycles. The van der Waals surface area contributed by atoms with Gasteiger partial charge in [-0.25, -0.2) is 0 Å². The van der Waals surface area contributed by atoms with E-state index in [1.165, 1.54) is 11.1 Å². The molecule has 2 aromatic rings. The summed E-state index contributed by atoms with van der Waals surface area (Å²) in [5.41, 5.74) is 6.42. The van der Waals surface area contributed by atoms with Crippen molar-refractivity contribution in [2.24, 2.45) is 0 Å². The summed E-state index contributed by atoms with van der Waals surface area (Å²) in [5, 5.41) is 8.74. The molecule has 1 aromatic carbocycles. The number of hydrogen-bond acceptors (Lipinski definition) is 2. The van der Waals surface area contributed by atoms with Gasteiger partial charge in [-0.05, 0) is 44.4 Å². The van der Waals surface area contributed by atoms with Crippen LogP contribution in [0, 0.1) is 20.8 Å². The fourth-order valence-electron chi connectivity index (χ4n) is 2.35. The predicted octanol–water partition coefficient (Wildman–Crippen LogP) is 3.69. The highest BCUT2D eigenvalue weighted by Gasteiger charge is 2.08. The first-order valence-electron chi connectivity index (χ1n) is 6.73. The molecule has 104 valence electrons. The minimum Gasteiger partial charge on any atom is -0.481 e. The highest BCUT2D eigenvalue weighted by Crippen LogP contribution is 2.24. The van der Waals surface area contributed by atoms with Crippen LogP contribution in [-0.4, -0.2) is 16.1 Å². The Kier molecular flexibility index (Phi) is 4.18. The molecule has 0 spiro atoms. The fourth-order valence-corrected chi connectivity index (χ4v) is 2.35. The highest BCUT2D eigenvalue weighted by atomic mass is 16.4. The number of aryl methyl sites for hydroxylation is 4. The first kappa shape index (κ1) is 14.3. The first-order chi connectivity index (χ1) is 9.47. The number of aliphatic carboxylic acids is 1. The van der Waals surface area contributed by atoms with E-state index in [0.29, 0.717) is 6.42 Å². The maximum atomic E-state index is 10.6. The normalized spacial score (nSPS) is 10.6. The van der Waals surface area contributed by atoms with Gasteiger partial charge in [0.05, 0.1) is 5.69 Å². The Bertz CT molecular complexity index is 647. The van der Waals surface area contributed by atoms with Crippen LogP contribution in [0.4, 0.5) is 0 Å². The molecule has 0 radical (unpaired) electrons. The molecular formula is C17H19NO2. The monoisotopic (exact) mass is 269 g/mol. The molecule has 1 N–H and O–H groups in total. The van der Waals surface area contributed by atoms with Gasteiger partial charge in [0.2, 0.25) is 0 Å². The second-order valence-electron chi connectivity index (χ2n) is 5.15. The van der Waals surface area contributed by atoms with Gasteiger partial charge in [0.25, 0.3) is 0 Å². The molecule has 0 atom stereocenters. The third-order valence-corrected chi connectivity index (χ3v) is 3.46. The van der Waals surface area contributed by atoms with E-state index >= 15 is 0 Å². The Hall–Kier alpha value is -2.16. The fraction of sp³-hybridized carbons (Fsp3) is 0.294. The Morgan fingerprint density at radius 1 is 1.15 bits per heavy atom. The Balaban J connectivity index is 2.30. The van der Waals surface area contributed by atoms with Crippen LogP contribution in [-0.2, 0) is 11.2 Å². The molecule has 1 heterocycles. The van der Waals surface area contributed by atoms with Crippen LogP contribution < -0.4 is 0 Å². The van der Waals surface area contributed by atoms with Crippen LogP contribution in [0.25, 0.3) is 11.3 Å². The maximum absolute atomic E-state index is 10.6. The first-order valence-corrected chi connectivity index (χ1v) is 6.73. The van der Waals surface area contributed by atoms with E-state index in [1.54, 1.807) is 0 Å². The average Bonchev–Trinajstić information content (AvgIpc) is 2.37. The second-order valence-corrected chi connectivity index (χ2v) is 5.15. The highest BCUT2D eigenvalue weighted by molar-refractivity contribution is 5.67. The molecule has 0 fully saturated rings. The van der Waals surface area contributed by atoms with E-state index in [9.17, 15) is 4.79 Å². The molecule has 1 aromatic heterocycles. The van der Waals surface area contributed by atoms with E-state index in [2.05, 4.69) is 37.0 Å². The van der Waals surface area contributed by atoms with Crippen LogP contribution in [0.2, 0.25) is 0 Å². The summed E-state index contributed by atoms with van der Waals surface area (Å²) in [6, 6.07) is 10.3. The summed E-state index contributed by atoms with van der Waals surface area (Å²) >= 11 is 0. The Morgan fingerprint density at radius 3 is 2.50 bits per heavy atom. The zero-order chi connectivity index (χ0) is 14.7. The number of carbonyl (C=O) groups is 1. The smallest absolute Gasteiger partial charge is 0.303 e. The minimum absolute atomic E-state index is 0.144. The molecule has 2 rings (SSSR count). The zero-order valence-electron chi connectivity index (χ0n) is 12.1. The maximum Gasteiger partial charge on any atom is 0.303 e. The van der Waals surface area contributed by atoms with Crippen molar-refractivity contribution in [1.82, 2.24) is 4.98 Å². The lowest BCUT2D eigenvalue weighted by Gasteiger charge is -2.10. The third kappa shape index (κ3) is 3.23. The lowest BCUT2D eigenvalue weighted by Crippen LogP contribution is -2.01. The molecule has 0 aliphatic rings. The van der Waals surface area contributed by atoms with Crippen molar-refractivity contribution < 1.29 is 9.90 Å². The predicted molar refractivity (Wildman–Crippen MR) is 79.8 cm³/mol. The number of pyridine rings is 1. The van der Waals surface area contributed by atoms with Crippen molar-refractivity contribution in [2.45, 2.75) is 33.6 Å². The summed E-state index contributed by atoms with van der Waals surface area (Å²) in [6.45, 7) is 6.09. The molecule has 0 aliphatic heterocycles. The topological polar surface area (TPSA) is 50.2 Å². The zero-order valence-corrected chi connectivity index (χ0v) is 12.1. The van der Waals surface area contributed by atoms with E-state index < -0.39 is 5.97 Å². The van der Waals surface area contributed by atoms with E-state index in [4.69, 9.17) is 5.11 Å². The van der Waals surface area contributed by atoms with Gasteiger partial charge in [-0.2, -0.15) is 0 Å². The van der Waals surface area contributed by atoms with Gasteiger partial charge < -0.3 is 5.11 Å². The van der Waals surface area contributed by atoms with Gasteiger partial charge in [0.15, 0.2) is 0 Å². The Labute approximate surface area is 119 Å². The molecule has 0 unspecified atom stereocenters. The molecule has 0 amide bonds. The van der Waals surface area contributed by atoms with Crippen molar-refractivity contribution in [3.05, 3.63) is 52.7 Å². The van der Waals surface area contributed by atoms with Gasteiger partial charge in [0, 0.05) is 17.7 Å². The largest absolute Gasteiger partial charge is 0.481 e. The number of rotatable bonds is 4. The van der Waals surface area contributed by atoms with Crippen LogP contribution in [0.1, 0.15) is 28.8 Å². The van der Waals surface area contributed by atoms with Crippen molar-refractivity contribution in [1.29, 1.82) is 0 Å². The van der Waals surface area contributed by atoms with Crippen molar-refractivity contribution in [3.8, 4) is 11.3 Å². The Morgan fingerprint density at radius 2 is 1.90 bits per heavy atom. The molecule has 0 saturated heterocycles. The van der Waals surface area contributed by atoms with Crippen LogP contribution >= 0.6 is 0 Å². The van der Waals surface area contributed by atoms with Gasteiger partial charge >= 0.3 is 5.97 Å². The molecule has 20 heavy (non-hydrogen) atoms. The quantitative estimate of drug-likeness (QED) is 0.920. The van der Waals surface area contributed by atoms with E-state index in [-0.39, 0.29) is 6.42 Å². The summed E-state index contributed by atoms with van der Waals surface area (Å²) in [5.74, 6) is -0.775. The standard InChI is InChI=1S/C17H19NO2/c1-11-4-7-15(12(2)10-11)16-8-5-14(13(3)18-16)6-9-17(19)20/h4-5,7-8,10H,6,9H2,1-3H3,(H,19,20). The van der Waals surface area contributed by atoms with Crippen LogP contribution in [0.15, 0.2) is 30.3 Å². The molecule has 0 bridgehead atoms. The van der Waals surface area contributed by atoms with Crippen molar-refractivity contribution >= 4 is 5.97 Å². The number of hydrogen-bond donors (Lipinski definition) is 1. The number of carboxylic acid groups (broad SMARTS) is 1. The molecule has 3 heteroatoms. The second kappa shape index (κ2) is 5.87. The van der Waals surface area contributed by atoms with Crippen molar-refractivity contribution in [3.63, 3.8) is 0 Å². The van der Waals surface area contributed by atoms with Gasteiger partial charge in [-0.3, -0.25) is 9.78 Å². The van der Waals surface area contributed by atoms with Gasteiger partial charge in [-0.1, -0.05) is 29.8 Å². The minimum atomic E-state index is -0.775. The summed E-state index contributed by atoms with van der Waals surface area (Å²) in [6.07, 6.45) is 0.673. The number of nitrogens with zero attached hydrogens (tertiary/aromatic N) is 1.